The van der Waals surface area contributed by atoms with E-state index in [1.54, 1.807) is 13.2 Å². The zero-order chi connectivity index (χ0) is 39.2. The van der Waals surface area contributed by atoms with Crippen molar-refractivity contribution in [1.29, 1.82) is 0 Å². The molecule has 5 atom stereocenters. The molecule has 0 aliphatic rings. The minimum absolute atomic E-state index is 0.0274. The average Bonchev–Trinajstić information content (AvgIpc) is 3.14. The van der Waals surface area contributed by atoms with Gasteiger partial charge >= 0.3 is 0 Å². The van der Waals surface area contributed by atoms with Crippen LogP contribution in [-0.4, -0.2) is 43.4 Å². The number of carbonyl (C=O) groups is 1. The van der Waals surface area contributed by atoms with Crippen molar-refractivity contribution in [2.24, 2.45) is 0 Å². The van der Waals surface area contributed by atoms with Gasteiger partial charge in [0.15, 0.2) is 28.8 Å². The van der Waals surface area contributed by atoms with E-state index in [1.165, 1.54) is 0 Å². The van der Waals surface area contributed by atoms with E-state index in [4.69, 9.17) is 28.4 Å². The summed E-state index contributed by atoms with van der Waals surface area (Å²) in [4.78, 5) is 14.7. The van der Waals surface area contributed by atoms with Crippen molar-refractivity contribution in [1.82, 2.24) is 0 Å². The summed E-state index contributed by atoms with van der Waals surface area (Å²) in [6.07, 6.45) is 18.3. The molecule has 0 aliphatic heterocycles. The number of hydrogen-bond acceptors (Lipinski definition) is 7. The molecule has 0 saturated carbocycles. The quantitative estimate of drug-likeness (QED) is 0.0608. The Kier molecular flexibility index (Phi) is 22.2. The number of benzene rings is 2. The van der Waals surface area contributed by atoms with Crippen molar-refractivity contribution in [3.8, 4) is 34.5 Å². The summed E-state index contributed by atoms with van der Waals surface area (Å²) in [5, 5.41) is 0. The fourth-order valence-electron chi connectivity index (χ4n) is 6.22. The second-order valence-electron chi connectivity index (χ2n) is 14.9. The molecular formula is C46H74O7. The van der Waals surface area contributed by atoms with Crippen molar-refractivity contribution < 1.29 is 33.2 Å². The van der Waals surface area contributed by atoms with Gasteiger partial charge in [-0.15, -0.1) is 0 Å². The normalized spacial score (nSPS) is 14.3. The van der Waals surface area contributed by atoms with Crippen molar-refractivity contribution in [2.75, 3.05) is 7.11 Å². The van der Waals surface area contributed by atoms with E-state index in [0.29, 0.717) is 45.6 Å². The first-order valence-corrected chi connectivity index (χ1v) is 21.0. The highest BCUT2D eigenvalue weighted by molar-refractivity contribution is 6.11. The number of allylic oxidation sites excluding steroid dienone is 1. The maximum atomic E-state index is 14.7. The predicted molar refractivity (Wildman–Crippen MR) is 221 cm³/mol. The lowest BCUT2D eigenvalue weighted by Gasteiger charge is -2.25. The summed E-state index contributed by atoms with van der Waals surface area (Å²) in [6.45, 7) is 21.2. The minimum Gasteiger partial charge on any atom is -0.493 e. The lowest BCUT2D eigenvalue weighted by atomic mass is 10.0. The topological polar surface area (TPSA) is 72.5 Å². The Morgan fingerprint density at radius 3 is 1.43 bits per heavy atom. The molecule has 2 aromatic rings. The van der Waals surface area contributed by atoms with Crippen LogP contribution in [0.3, 0.4) is 0 Å². The summed E-state index contributed by atoms with van der Waals surface area (Å²) in [7, 11) is 1.64. The molecule has 300 valence electrons. The number of ether oxygens (including phenoxy) is 6. The molecule has 2 aromatic carbocycles. The van der Waals surface area contributed by atoms with E-state index in [1.807, 2.05) is 30.3 Å². The van der Waals surface area contributed by atoms with Gasteiger partial charge in [-0.1, -0.05) is 98.8 Å². The third-order valence-electron chi connectivity index (χ3n) is 9.47. The van der Waals surface area contributed by atoms with Crippen LogP contribution in [0.1, 0.15) is 181 Å². The first-order chi connectivity index (χ1) is 25.5. The summed E-state index contributed by atoms with van der Waals surface area (Å²) in [5.41, 5.74) is 1.08. The van der Waals surface area contributed by atoms with Crippen LogP contribution >= 0.6 is 0 Å². The molecule has 0 aliphatic carbocycles. The highest BCUT2D eigenvalue weighted by Gasteiger charge is 2.26. The number of unbranched alkanes of at least 4 members (excludes halogenated alkanes) is 5. The van der Waals surface area contributed by atoms with Crippen LogP contribution in [0.4, 0.5) is 0 Å². The first-order valence-electron chi connectivity index (χ1n) is 21.0. The number of rotatable bonds is 29. The predicted octanol–water partition coefficient (Wildman–Crippen LogP) is 13.4. The Labute approximate surface area is 323 Å². The molecule has 0 N–H and O–H groups in total. The molecule has 0 heterocycles. The number of methoxy groups -OCH3 is 1. The van der Waals surface area contributed by atoms with Gasteiger partial charge in [0.2, 0.25) is 0 Å². The van der Waals surface area contributed by atoms with Crippen LogP contribution in [0.25, 0.3) is 6.08 Å². The maximum Gasteiger partial charge on any atom is 0.193 e. The van der Waals surface area contributed by atoms with Gasteiger partial charge in [0.1, 0.15) is 17.1 Å². The van der Waals surface area contributed by atoms with Crippen LogP contribution in [0, 0.1) is 0 Å². The molecule has 0 radical (unpaired) electrons. The van der Waals surface area contributed by atoms with Crippen molar-refractivity contribution in [2.45, 2.75) is 196 Å². The SMILES string of the molecule is CCCCC(C)Oc1cc(C=CC(=O)c2c(OC(C)CCCC)ccc(OC(C)CCCC)c2OC(C)CCCC)c(OC(C)CCCC)c(OC)c1. The second-order valence-corrected chi connectivity index (χ2v) is 14.9. The number of ketones is 1. The molecule has 0 aromatic heterocycles. The van der Waals surface area contributed by atoms with Crippen LogP contribution in [0.15, 0.2) is 30.3 Å². The highest BCUT2D eigenvalue weighted by Crippen LogP contribution is 2.42. The van der Waals surface area contributed by atoms with Gasteiger partial charge in [-0.3, -0.25) is 4.79 Å². The lowest BCUT2D eigenvalue weighted by molar-refractivity contribution is 0.102. The summed E-state index contributed by atoms with van der Waals surface area (Å²) in [5.74, 6) is 3.09. The van der Waals surface area contributed by atoms with Gasteiger partial charge in [-0.05, 0) is 97.1 Å². The Bertz CT molecular complexity index is 1350. The van der Waals surface area contributed by atoms with Crippen LogP contribution in [0.2, 0.25) is 0 Å². The van der Waals surface area contributed by atoms with Crippen molar-refractivity contribution >= 4 is 11.9 Å². The molecular weight excluding hydrogens is 664 g/mol. The minimum atomic E-state index is -0.237. The fraction of sp³-hybridized carbons (Fsp3) is 0.674. The largest absolute Gasteiger partial charge is 0.493 e. The molecule has 0 amide bonds. The van der Waals surface area contributed by atoms with Crippen LogP contribution in [-0.2, 0) is 0 Å². The molecule has 7 nitrogen and oxygen atoms in total. The van der Waals surface area contributed by atoms with Crippen LogP contribution in [0.5, 0.6) is 34.5 Å². The van der Waals surface area contributed by atoms with Crippen molar-refractivity contribution in [3.05, 3.63) is 41.5 Å². The fourth-order valence-corrected chi connectivity index (χ4v) is 6.22. The third kappa shape index (κ3) is 16.3. The van der Waals surface area contributed by atoms with E-state index in [2.05, 4.69) is 69.2 Å². The Morgan fingerprint density at radius 1 is 0.547 bits per heavy atom. The Hall–Kier alpha value is -3.35. The smallest absolute Gasteiger partial charge is 0.193 e. The Morgan fingerprint density at radius 2 is 0.962 bits per heavy atom. The average molecular weight is 739 g/mol. The molecule has 7 heteroatoms. The third-order valence-corrected chi connectivity index (χ3v) is 9.47. The highest BCUT2D eigenvalue weighted by atomic mass is 16.5. The lowest BCUT2D eigenvalue weighted by Crippen LogP contribution is -2.19. The maximum absolute atomic E-state index is 14.7. The molecule has 2 rings (SSSR count). The number of hydrogen-bond donors (Lipinski definition) is 0. The van der Waals surface area contributed by atoms with Gasteiger partial charge in [0.25, 0.3) is 0 Å². The van der Waals surface area contributed by atoms with Gasteiger partial charge in [-0.25, -0.2) is 0 Å². The number of carbonyl (C=O) groups excluding carboxylic acids is 1. The monoisotopic (exact) mass is 739 g/mol. The van der Waals surface area contributed by atoms with Crippen LogP contribution < -0.4 is 28.4 Å². The van der Waals surface area contributed by atoms with E-state index in [-0.39, 0.29) is 36.3 Å². The van der Waals surface area contributed by atoms with E-state index < -0.39 is 0 Å². The van der Waals surface area contributed by atoms with Gasteiger partial charge in [0.05, 0.1) is 37.6 Å². The zero-order valence-corrected chi connectivity index (χ0v) is 35.3. The summed E-state index contributed by atoms with van der Waals surface area (Å²) >= 11 is 0. The van der Waals surface area contributed by atoms with E-state index in [0.717, 1.165) is 96.3 Å². The zero-order valence-electron chi connectivity index (χ0n) is 35.3. The molecule has 5 unspecified atom stereocenters. The molecule has 0 bridgehead atoms. The molecule has 0 fully saturated rings. The molecule has 0 saturated heterocycles. The summed E-state index contributed by atoms with van der Waals surface area (Å²) < 4.78 is 38.5. The standard InChI is InChI=1S/C46H74O7/c1-12-17-22-33(6)49-39-31-38(45(43(32-39)48-11)52-36(9)25-20-15-4)27-28-40(47)44-41(50-34(7)23-18-13-2)29-30-42(51-35(8)24-19-14-3)46(44)53-37(10)26-21-16-5/h27-37H,12-26H2,1-11H3. The van der Waals surface area contributed by atoms with E-state index in [9.17, 15) is 4.79 Å². The first kappa shape index (κ1) is 45.8. The van der Waals surface area contributed by atoms with E-state index >= 15 is 0 Å². The molecule has 0 spiro atoms. The Balaban J connectivity index is 2.76. The summed E-state index contributed by atoms with van der Waals surface area (Å²) in [6, 6.07) is 7.60. The second kappa shape index (κ2) is 25.6. The van der Waals surface area contributed by atoms with Gasteiger partial charge < -0.3 is 28.4 Å². The van der Waals surface area contributed by atoms with Crippen molar-refractivity contribution in [3.63, 3.8) is 0 Å². The molecule has 53 heavy (non-hydrogen) atoms. The van der Waals surface area contributed by atoms with Gasteiger partial charge in [0, 0.05) is 11.6 Å². The van der Waals surface area contributed by atoms with Gasteiger partial charge in [-0.2, -0.15) is 0 Å².